The highest BCUT2D eigenvalue weighted by atomic mass is 27.0. The van der Waals surface area contributed by atoms with Gasteiger partial charge in [0.25, 0.3) is 0 Å². The van der Waals surface area contributed by atoms with E-state index >= 15 is 0 Å². The highest BCUT2D eigenvalue weighted by molar-refractivity contribution is 6.00. The maximum Gasteiger partial charge on any atom is 0.343 e. The highest BCUT2D eigenvalue weighted by Gasteiger charge is 2.24. The first-order valence-electron chi connectivity index (χ1n) is 4.92. The fourth-order valence-electron chi connectivity index (χ4n) is 0.915. The van der Waals surface area contributed by atoms with Crippen molar-refractivity contribution in [2.24, 2.45) is 0 Å². The van der Waals surface area contributed by atoms with Crippen molar-refractivity contribution < 1.29 is 19.1 Å². The molecule has 0 heterocycles. The molecule has 0 amide bonds. The molecule has 88 valence electrons. The minimum atomic E-state index is -1.04. The van der Waals surface area contributed by atoms with Crippen molar-refractivity contribution in [1.82, 2.24) is 0 Å². The van der Waals surface area contributed by atoms with Crippen LogP contribution in [0.5, 0.6) is 0 Å². The van der Waals surface area contributed by atoms with Gasteiger partial charge in [-0.1, -0.05) is 13.3 Å². The quantitative estimate of drug-likeness (QED) is 0.271. The molecule has 4 nitrogen and oxygen atoms in total. The Morgan fingerprint density at radius 3 is 2.27 bits per heavy atom. The SMILES string of the molecule is CCCCOC(C(C)=O)C(=O)OCC.[AlH3]. The first kappa shape index (κ1) is 17.0. The molecule has 5 heteroatoms. The third kappa shape index (κ3) is 7.55. The molecule has 15 heavy (non-hydrogen) atoms. The molecule has 0 saturated carbocycles. The second-order valence-corrected chi connectivity index (χ2v) is 2.97. The molecule has 0 aliphatic heterocycles. The van der Waals surface area contributed by atoms with E-state index in [-0.39, 0.29) is 29.8 Å². The van der Waals surface area contributed by atoms with E-state index < -0.39 is 12.1 Å². The first-order chi connectivity index (χ1) is 6.63. The highest BCUT2D eigenvalue weighted by Crippen LogP contribution is 2.00. The van der Waals surface area contributed by atoms with Gasteiger partial charge in [-0.2, -0.15) is 0 Å². The minimum Gasteiger partial charge on any atom is -0.464 e. The smallest absolute Gasteiger partial charge is 0.343 e. The summed E-state index contributed by atoms with van der Waals surface area (Å²) in [5, 5.41) is 0. The Morgan fingerprint density at radius 1 is 1.27 bits per heavy atom. The predicted molar refractivity (Wildman–Crippen MR) is 61.9 cm³/mol. The van der Waals surface area contributed by atoms with Crippen molar-refractivity contribution >= 4 is 29.1 Å². The van der Waals surface area contributed by atoms with Crippen molar-refractivity contribution in [1.29, 1.82) is 0 Å². The van der Waals surface area contributed by atoms with Crippen LogP contribution in [-0.2, 0) is 19.1 Å². The molecule has 0 radical (unpaired) electrons. The van der Waals surface area contributed by atoms with Crippen molar-refractivity contribution in [3.63, 3.8) is 0 Å². The van der Waals surface area contributed by atoms with Gasteiger partial charge >= 0.3 is 5.97 Å². The summed E-state index contributed by atoms with van der Waals surface area (Å²) < 4.78 is 9.85. The fourth-order valence-corrected chi connectivity index (χ4v) is 0.915. The van der Waals surface area contributed by atoms with E-state index in [9.17, 15) is 9.59 Å². The Kier molecular flexibility index (Phi) is 11.5. The number of Topliss-reactive ketones (excluding diaryl/α,β-unsaturated/α-hetero) is 1. The third-order valence-corrected chi connectivity index (χ3v) is 1.65. The summed E-state index contributed by atoms with van der Waals surface area (Å²) in [6, 6.07) is 0. The molecule has 0 saturated heterocycles. The lowest BCUT2D eigenvalue weighted by atomic mass is 10.2. The normalized spacial score (nSPS) is 11.4. The van der Waals surface area contributed by atoms with E-state index in [1.165, 1.54) is 6.92 Å². The van der Waals surface area contributed by atoms with Gasteiger partial charge in [-0.15, -0.1) is 0 Å². The average Bonchev–Trinajstić information content (AvgIpc) is 2.12. The van der Waals surface area contributed by atoms with E-state index in [1.807, 2.05) is 6.92 Å². The monoisotopic (exact) mass is 232 g/mol. The van der Waals surface area contributed by atoms with E-state index in [1.54, 1.807) is 6.92 Å². The Labute approximate surface area is 101 Å². The number of unbranched alkanes of at least 4 members (excludes halogenated alkanes) is 1. The second-order valence-electron chi connectivity index (χ2n) is 2.97. The molecule has 0 aromatic carbocycles. The summed E-state index contributed by atoms with van der Waals surface area (Å²) in [4.78, 5) is 22.2. The Hall–Kier alpha value is -0.368. The van der Waals surface area contributed by atoms with Crippen molar-refractivity contribution in [2.75, 3.05) is 13.2 Å². The number of carbonyl (C=O) groups excluding carboxylic acids is 2. The van der Waals surface area contributed by atoms with Crippen molar-refractivity contribution in [3.8, 4) is 0 Å². The maximum atomic E-state index is 11.2. The zero-order valence-electron chi connectivity index (χ0n) is 9.04. The van der Waals surface area contributed by atoms with Crippen LogP contribution < -0.4 is 0 Å². The Morgan fingerprint density at radius 2 is 1.87 bits per heavy atom. The lowest BCUT2D eigenvalue weighted by Gasteiger charge is -2.12. The van der Waals surface area contributed by atoms with Gasteiger partial charge in [0.05, 0.1) is 6.61 Å². The van der Waals surface area contributed by atoms with Gasteiger partial charge in [0.15, 0.2) is 23.1 Å². The van der Waals surface area contributed by atoms with Gasteiger partial charge in [-0.3, -0.25) is 4.79 Å². The molecule has 0 aromatic rings. The van der Waals surface area contributed by atoms with Gasteiger partial charge in [-0.05, 0) is 20.3 Å². The molecular weight excluding hydrogens is 211 g/mol. The maximum absolute atomic E-state index is 11.2. The molecule has 1 unspecified atom stereocenters. The molecule has 0 spiro atoms. The number of ketones is 1. The Bertz CT molecular complexity index is 194. The second kappa shape index (κ2) is 10.2. The lowest BCUT2D eigenvalue weighted by molar-refractivity contribution is -0.160. The first-order valence-corrected chi connectivity index (χ1v) is 4.92. The van der Waals surface area contributed by atoms with Crippen LogP contribution in [0.1, 0.15) is 33.6 Å². The van der Waals surface area contributed by atoms with Crippen LogP contribution in [0.15, 0.2) is 0 Å². The van der Waals surface area contributed by atoms with E-state index in [0.29, 0.717) is 6.61 Å². The van der Waals surface area contributed by atoms with E-state index in [0.717, 1.165) is 12.8 Å². The van der Waals surface area contributed by atoms with Crippen LogP contribution in [0.2, 0.25) is 0 Å². The topological polar surface area (TPSA) is 52.6 Å². The molecule has 0 fully saturated rings. The van der Waals surface area contributed by atoms with E-state index in [2.05, 4.69) is 0 Å². The fraction of sp³-hybridized carbons (Fsp3) is 0.800. The number of hydrogen-bond donors (Lipinski definition) is 0. The largest absolute Gasteiger partial charge is 0.464 e. The number of hydrogen-bond acceptors (Lipinski definition) is 4. The molecule has 0 aliphatic rings. The van der Waals surface area contributed by atoms with Crippen molar-refractivity contribution in [3.05, 3.63) is 0 Å². The van der Waals surface area contributed by atoms with Gasteiger partial charge in [0.1, 0.15) is 0 Å². The molecule has 0 rings (SSSR count). The van der Waals surface area contributed by atoms with Gasteiger partial charge in [0.2, 0.25) is 6.10 Å². The molecular formula is C10H21AlO4. The summed E-state index contributed by atoms with van der Waals surface area (Å²) in [5.41, 5.74) is 0. The average molecular weight is 232 g/mol. The lowest BCUT2D eigenvalue weighted by Crippen LogP contribution is -2.33. The van der Waals surface area contributed by atoms with Gasteiger partial charge < -0.3 is 9.47 Å². The third-order valence-electron chi connectivity index (χ3n) is 1.65. The summed E-state index contributed by atoms with van der Waals surface area (Å²) in [6.07, 6.45) is 0.762. The van der Waals surface area contributed by atoms with Gasteiger partial charge in [0, 0.05) is 6.61 Å². The van der Waals surface area contributed by atoms with Crippen molar-refractivity contribution in [2.45, 2.75) is 39.7 Å². The summed E-state index contributed by atoms with van der Waals surface area (Å²) >= 11 is 0. The van der Waals surface area contributed by atoms with E-state index in [4.69, 9.17) is 9.47 Å². The molecule has 0 bridgehead atoms. The number of carbonyl (C=O) groups is 2. The van der Waals surface area contributed by atoms with Crippen LogP contribution >= 0.6 is 0 Å². The summed E-state index contributed by atoms with van der Waals surface area (Å²) in [7, 11) is 0. The standard InChI is InChI=1S/C10H18O4.Al.3H/c1-4-6-7-14-9(8(3)11)10(12)13-5-2;;;;/h9H,4-7H2,1-3H3;;;;. The molecule has 1 atom stereocenters. The number of rotatable bonds is 7. The number of ether oxygens (including phenoxy) is 2. The predicted octanol–water partition coefficient (Wildman–Crippen LogP) is 0.140. The Balaban J connectivity index is 0. The van der Waals surface area contributed by atoms with Crippen LogP contribution in [-0.4, -0.2) is 48.4 Å². The molecule has 0 aliphatic carbocycles. The zero-order chi connectivity index (χ0) is 11.0. The molecule has 0 aromatic heterocycles. The summed E-state index contributed by atoms with van der Waals surface area (Å²) in [5.74, 6) is -0.893. The van der Waals surface area contributed by atoms with Crippen LogP contribution in [0, 0.1) is 0 Å². The molecule has 0 N–H and O–H groups in total. The van der Waals surface area contributed by atoms with Crippen LogP contribution in [0.25, 0.3) is 0 Å². The number of esters is 1. The van der Waals surface area contributed by atoms with Gasteiger partial charge in [-0.25, -0.2) is 4.79 Å². The summed E-state index contributed by atoms with van der Waals surface area (Å²) in [6.45, 7) is 5.71. The zero-order valence-corrected chi connectivity index (χ0v) is 9.04. The van der Waals surface area contributed by atoms with Crippen LogP contribution in [0.3, 0.4) is 0 Å². The van der Waals surface area contributed by atoms with Crippen LogP contribution in [0.4, 0.5) is 0 Å². The minimum absolute atomic E-state index is 0.